The Labute approximate surface area is 122 Å². The zero-order chi connectivity index (χ0) is 14.1. The molecular formula is C15H15ClN2O2. The van der Waals surface area contributed by atoms with Crippen molar-refractivity contribution in [3.63, 3.8) is 0 Å². The molecule has 0 radical (unpaired) electrons. The Bertz CT molecular complexity index is 634. The van der Waals surface area contributed by atoms with Crippen LogP contribution in [0.1, 0.15) is 34.7 Å². The van der Waals surface area contributed by atoms with Gasteiger partial charge in [0, 0.05) is 18.4 Å². The van der Waals surface area contributed by atoms with E-state index in [-0.39, 0.29) is 11.9 Å². The second-order valence-corrected chi connectivity index (χ2v) is 5.44. The standard InChI is InChI=1S/C15H15ClN2O2/c1-10-2-5-12(20-10)9-18(11-3-4-11)15(19)13-8-17-7-6-14(13)16/h2,5-8,11H,3-4,9H2,1H3. The van der Waals surface area contributed by atoms with Gasteiger partial charge in [-0.2, -0.15) is 0 Å². The maximum Gasteiger partial charge on any atom is 0.257 e. The number of carbonyl (C=O) groups excluding carboxylic acids is 1. The van der Waals surface area contributed by atoms with E-state index in [0.717, 1.165) is 24.4 Å². The van der Waals surface area contributed by atoms with Crippen molar-refractivity contribution in [2.24, 2.45) is 0 Å². The van der Waals surface area contributed by atoms with Gasteiger partial charge in [0.1, 0.15) is 11.5 Å². The summed E-state index contributed by atoms with van der Waals surface area (Å²) in [5.41, 5.74) is 0.448. The van der Waals surface area contributed by atoms with Crippen molar-refractivity contribution in [2.75, 3.05) is 0 Å². The lowest BCUT2D eigenvalue weighted by Gasteiger charge is -2.21. The first-order chi connectivity index (χ1) is 9.65. The zero-order valence-corrected chi connectivity index (χ0v) is 11.9. The minimum Gasteiger partial charge on any atom is -0.464 e. The van der Waals surface area contributed by atoms with Crippen molar-refractivity contribution in [1.29, 1.82) is 0 Å². The first-order valence-corrected chi connectivity index (χ1v) is 6.99. The van der Waals surface area contributed by atoms with E-state index < -0.39 is 0 Å². The van der Waals surface area contributed by atoms with Crippen LogP contribution >= 0.6 is 11.6 Å². The highest BCUT2D eigenvalue weighted by Crippen LogP contribution is 2.31. The highest BCUT2D eigenvalue weighted by molar-refractivity contribution is 6.33. The number of aryl methyl sites for hydroxylation is 1. The molecule has 0 unspecified atom stereocenters. The molecule has 1 amide bonds. The minimum atomic E-state index is -0.0837. The molecule has 1 saturated carbocycles. The van der Waals surface area contributed by atoms with Crippen LogP contribution in [0.3, 0.4) is 0 Å². The molecule has 1 aliphatic carbocycles. The van der Waals surface area contributed by atoms with E-state index in [9.17, 15) is 4.79 Å². The fourth-order valence-electron chi connectivity index (χ4n) is 2.18. The van der Waals surface area contributed by atoms with Gasteiger partial charge in [0.2, 0.25) is 0 Å². The van der Waals surface area contributed by atoms with Gasteiger partial charge >= 0.3 is 0 Å². The summed E-state index contributed by atoms with van der Waals surface area (Å²) < 4.78 is 5.57. The molecule has 20 heavy (non-hydrogen) atoms. The van der Waals surface area contributed by atoms with Gasteiger partial charge < -0.3 is 9.32 Å². The van der Waals surface area contributed by atoms with Gasteiger partial charge in [-0.15, -0.1) is 0 Å². The molecule has 104 valence electrons. The number of amides is 1. The topological polar surface area (TPSA) is 46.3 Å². The molecule has 0 saturated heterocycles. The molecule has 0 spiro atoms. The quantitative estimate of drug-likeness (QED) is 0.866. The number of aromatic nitrogens is 1. The summed E-state index contributed by atoms with van der Waals surface area (Å²) >= 11 is 6.08. The summed E-state index contributed by atoms with van der Waals surface area (Å²) in [6.45, 7) is 2.37. The lowest BCUT2D eigenvalue weighted by molar-refractivity contribution is 0.0716. The summed E-state index contributed by atoms with van der Waals surface area (Å²) in [6, 6.07) is 5.73. The van der Waals surface area contributed by atoms with Crippen LogP contribution in [0.4, 0.5) is 0 Å². The first-order valence-electron chi connectivity index (χ1n) is 6.61. The van der Waals surface area contributed by atoms with Crippen LogP contribution in [-0.2, 0) is 6.54 Å². The summed E-state index contributed by atoms with van der Waals surface area (Å²) in [5.74, 6) is 1.56. The lowest BCUT2D eigenvalue weighted by Crippen LogP contribution is -2.32. The van der Waals surface area contributed by atoms with E-state index in [4.69, 9.17) is 16.0 Å². The Hall–Kier alpha value is -1.81. The maximum absolute atomic E-state index is 12.6. The van der Waals surface area contributed by atoms with Crippen LogP contribution in [0.5, 0.6) is 0 Å². The number of halogens is 1. The molecule has 0 aliphatic heterocycles. The van der Waals surface area contributed by atoms with Gasteiger partial charge in [-0.25, -0.2) is 0 Å². The van der Waals surface area contributed by atoms with Crippen molar-refractivity contribution in [2.45, 2.75) is 32.4 Å². The van der Waals surface area contributed by atoms with E-state index in [2.05, 4.69) is 4.98 Å². The Morgan fingerprint density at radius 2 is 2.25 bits per heavy atom. The Morgan fingerprint density at radius 1 is 1.45 bits per heavy atom. The van der Waals surface area contributed by atoms with Crippen LogP contribution in [0.15, 0.2) is 35.0 Å². The number of carbonyl (C=O) groups is 1. The summed E-state index contributed by atoms with van der Waals surface area (Å²) in [5, 5.41) is 0.436. The van der Waals surface area contributed by atoms with Gasteiger partial charge in [0.05, 0.1) is 17.1 Å². The molecule has 3 rings (SSSR count). The van der Waals surface area contributed by atoms with Crippen molar-refractivity contribution < 1.29 is 9.21 Å². The summed E-state index contributed by atoms with van der Waals surface area (Å²) in [6.07, 6.45) is 5.16. The molecule has 2 heterocycles. The molecular weight excluding hydrogens is 276 g/mol. The molecule has 0 N–H and O–H groups in total. The van der Waals surface area contributed by atoms with Crippen LogP contribution in [-0.4, -0.2) is 21.8 Å². The van der Waals surface area contributed by atoms with Crippen LogP contribution in [0.25, 0.3) is 0 Å². The van der Waals surface area contributed by atoms with E-state index in [1.807, 2.05) is 24.0 Å². The van der Waals surface area contributed by atoms with Gasteiger partial charge in [-0.05, 0) is 38.0 Å². The molecule has 2 aromatic rings. The number of hydrogen-bond acceptors (Lipinski definition) is 3. The molecule has 1 fully saturated rings. The number of furan rings is 1. The Balaban J connectivity index is 1.84. The highest BCUT2D eigenvalue weighted by Gasteiger charge is 2.34. The maximum atomic E-state index is 12.6. The number of rotatable bonds is 4. The molecule has 4 nitrogen and oxygen atoms in total. The fourth-order valence-corrected chi connectivity index (χ4v) is 2.37. The van der Waals surface area contributed by atoms with Crippen LogP contribution in [0.2, 0.25) is 5.02 Å². The average molecular weight is 291 g/mol. The normalized spacial score (nSPS) is 14.3. The van der Waals surface area contributed by atoms with Gasteiger partial charge in [0.25, 0.3) is 5.91 Å². The fraction of sp³-hybridized carbons (Fsp3) is 0.333. The Morgan fingerprint density at radius 3 is 2.85 bits per heavy atom. The second kappa shape index (κ2) is 5.29. The van der Waals surface area contributed by atoms with Crippen molar-refractivity contribution in [1.82, 2.24) is 9.88 Å². The van der Waals surface area contributed by atoms with E-state index >= 15 is 0 Å². The third-order valence-corrected chi connectivity index (χ3v) is 3.70. The molecule has 1 aliphatic rings. The number of hydrogen-bond donors (Lipinski definition) is 0. The van der Waals surface area contributed by atoms with Gasteiger partial charge in [-0.1, -0.05) is 11.6 Å². The largest absolute Gasteiger partial charge is 0.464 e. The third-order valence-electron chi connectivity index (χ3n) is 3.37. The Kier molecular flexibility index (Phi) is 3.49. The molecule has 2 aromatic heterocycles. The van der Waals surface area contributed by atoms with Crippen LogP contribution in [0, 0.1) is 6.92 Å². The molecule has 5 heteroatoms. The lowest BCUT2D eigenvalue weighted by atomic mass is 10.2. The van der Waals surface area contributed by atoms with Crippen molar-refractivity contribution in [3.05, 3.63) is 52.7 Å². The predicted molar refractivity (Wildman–Crippen MR) is 75.6 cm³/mol. The average Bonchev–Trinajstić information content (AvgIpc) is 3.19. The van der Waals surface area contributed by atoms with Gasteiger partial charge in [-0.3, -0.25) is 9.78 Å². The minimum absolute atomic E-state index is 0.0837. The van der Waals surface area contributed by atoms with Crippen molar-refractivity contribution >= 4 is 17.5 Å². The van der Waals surface area contributed by atoms with E-state index in [1.165, 1.54) is 6.20 Å². The number of nitrogens with zero attached hydrogens (tertiary/aromatic N) is 2. The van der Waals surface area contributed by atoms with Gasteiger partial charge in [0.15, 0.2) is 0 Å². The number of pyridine rings is 1. The van der Waals surface area contributed by atoms with Crippen molar-refractivity contribution in [3.8, 4) is 0 Å². The van der Waals surface area contributed by atoms with Crippen LogP contribution < -0.4 is 0 Å². The molecule has 0 atom stereocenters. The third kappa shape index (κ3) is 2.70. The predicted octanol–water partition coefficient (Wildman–Crippen LogP) is 3.44. The highest BCUT2D eigenvalue weighted by atomic mass is 35.5. The first kappa shape index (κ1) is 13.2. The SMILES string of the molecule is Cc1ccc(CN(C(=O)c2cnccc2Cl)C2CC2)o1. The summed E-state index contributed by atoms with van der Waals surface area (Å²) in [7, 11) is 0. The zero-order valence-electron chi connectivity index (χ0n) is 11.2. The second-order valence-electron chi connectivity index (χ2n) is 5.03. The molecule has 0 bridgehead atoms. The van der Waals surface area contributed by atoms with E-state index in [1.54, 1.807) is 12.3 Å². The summed E-state index contributed by atoms with van der Waals surface area (Å²) in [4.78, 5) is 18.4. The smallest absolute Gasteiger partial charge is 0.257 e. The molecule has 0 aromatic carbocycles. The van der Waals surface area contributed by atoms with E-state index in [0.29, 0.717) is 17.1 Å². The monoisotopic (exact) mass is 290 g/mol.